The molecule has 0 spiro atoms. The Morgan fingerprint density at radius 3 is 2.75 bits per heavy atom. The molecular weight excluding hydrogens is 372 g/mol. The van der Waals surface area contributed by atoms with Gasteiger partial charge in [-0.3, -0.25) is 9.67 Å². The van der Waals surface area contributed by atoms with E-state index < -0.39 is 0 Å². The lowest BCUT2D eigenvalue weighted by Crippen LogP contribution is -1.97. The van der Waals surface area contributed by atoms with Gasteiger partial charge in [-0.05, 0) is 25.0 Å². The highest BCUT2D eigenvalue weighted by atomic mass is 32.1. The molecule has 142 valence electrons. The fourth-order valence-electron chi connectivity index (χ4n) is 3.64. The molecule has 5 rings (SSSR count). The lowest BCUT2D eigenvalue weighted by atomic mass is 10.1. The van der Waals surface area contributed by atoms with Crippen LogP contribution >= 0.6 is 11.3 Å². The fraction of sp³-hybridized carbons (Fsp3) is 0.316. The van der Waals surface area contributed by atoms with E-state index in [0.717, 1.165) is 38.0 Å². The summed E-state index contributed by atoms with van der Waals surface area (Å²) in [4.78, 5) is 9.10. The number of nitrogen functional groups attached to an aromatic ring is 1. The van der Waals surface area contributed by atoms with Crippen LogP contribution in [0, 0.1) is 0 Å². The molecule has 0 aliphatic heterocycles. The zero-order valence-electron chi connectivity index (χ0n) is 15.5. The summed E-state index contributed by atoms with van der Waals surface area (Å²) in [5.41, 5.74) is 10.3. The molecule has 1 aliphatic carbocycles. The number of nitrogens with zero attached hydrogens (tertiary/aromatic N) is 6. The zero-order valence-corrected chi connectivity index (χ0v) is 16.3. The van der Waals surface area contributed by atoms with Gasteiger partial charge in [0.1, 0.15) is 10.8 Å². The van der Waals surface area contributed by atoms with E-state index in [1.807, 2.05) is 25.4 Å². The molecule has 0 bridgehead atoms. The summed E-state index contributed by atoms with van der Waals surface area (Å²) >= 11 is 1.62. The molecule has 1 fully saturated rings. The number of anilines is 3. The Morgan fingerprint density at radius 1 is 1.11 bits per heavy atom. The Hall–Kier alpha value is -3.07. The van der Waals surface area contributed by atoms with Gasteiger partial charge < -0.3 is 11.1 Å². The molecule has 4 aromatic heterocycles. The fourth-order valence-corrected chi connectivity index (χ4v) is 4.68. The van der Waals surface area contributed by atoms with Gasteiger partial charge in [0.15, 0.2) is 5.01 Å². The summed E-state index contributed by atoms with van der Waals surface area (Å²) in [6.07, 6.45) is 10.4. The Kier molecular flexibility index (Phi) is 4.16. The summed E-state index contributed by atoms with van der Waals surface area (Å²) in [7, 11) is 1.87. The first-order chi connectivity index (χ1) is 13.7. The molecule has 1 aliphatic rings. The van der Waals surface area contributed by atoms with Gasteiger partial charge in [-0.2, -0.15) is 5.10 Å². The molecule has 8 nitrogen and oxygen atoms in total. The molecule has 0 unspecified atom stereocenters. The minimum absolute atomic E-state index is 0.446. The van der Waals surface area contributed by atoms with Gasteiger partial charge in [-0.1, -0.05) is 24.2 Å². The van der Waals surface area contributed by atoms with Crippen LogP contribution in [-0.2, 0) is 7.05 Å². The average molecular weight is 392 g/mol. The van der Waals surface area contributed by atoms with E-state index in [9.17, 15) is 0 Å². The topological polar surface area (TPSA) is 107 Å². The molecule has 9 heteroatoms. The Labute approximate surface area is 165 Å². The van der Waals surface area contributed by atoms with Crippen LogP contribution in [0.25, 0.3) is 21.6 Å². The predicted octanol–water partition coefficient (Wildman–Crippen LogP) is 3.87. The summed E-state index contributed by atoms with van der Waals surface area (Å²) in [5, 5.41) is 18.1. The number of rotatable bonds is 4. The first-order valence-corrected chi connectivity index (χ1v) is 10.1. The summed E-state index contributed by atoms with van der Waals surface area (Å²) in [6.45, 7) is 0. The smallest absolute Gasteiger partial charge is 0.151 e. The average Bonchev–Trinajstić information content (AvgIpc) is 3.42. The third-order valence-electron chi connectivity index (χ3n) is 5.06. The van der Waals surface area contributed by atoms with E-state index in [1.165, 1.54) is 25.7 Å². The number of fused-ring (bicyclic) bond motifs is 1. The van der Waals surface area contributed by atoms with Gasteiger partial charge in [0, 0.05) is 19.2 Å². The van der Waals surface area contributed by atoms with E-state index in [-0.39, 0.29) is 0 Å². The van der Waals surface area contributed by atoms with Crippen molar-refractivity contribution in [3.8, 4) is 10.6 Å². The maximum Gasteiger partial charge on any atom is 0.151 e. The maximum atomic E-state index is 6.25. The van der Waals surface area contributed by atoms with Crippen molar-refractivity contribution in [2.45, 2.75) is 31.6 Å². The van der Waals surface area contributed by atoms with Crippen molar-refractivity contribution in [1.29, 1.82) is 0 Å². The highest BCUT2D eigenvalue weighted by Crippen LogP contribution is 2.38. The largest absolute Gasteiger partial charge is 0.383 e. The van der Waals surface area contributed by atoms with Gasteiger partial charge in [0.05, 0.1) is 40.4 Å². The predicted molar refractivity (Wildman–Crippen MR) is 111 cm³/mol. The lowest BCUT2D eigenvalue weighted by Gasteiger charge is -2.07. The molecule has 0 atom stereocenters. The summed E-state index contributed by atoms with van der Waals surface area (Å²) in [6, 6.07) is 3.88. The number of pyridine rings is 2. The van der Waals surface area contributed by atoms with Crippen molar-refractivity contribution in [3.63, 3.8) is 0 Å². The molecule has 0 aromatic carbocycles. The van der Waals surface area contributed by atoms with Crippen LogP contribution in [0.15, 0.2) is 30.7 Å². The highest BCUT2D eigenvalue weighted by Gasteiger charge is 2.22. The highest BCUT2D eigenvalue weighted by molar-refractivity contribution is 7.14. The van der Waals surface area contributed by atoms with E-state index in [4.69, 9.17) is 5.73 Å². The minimum atomic E-state index is 0.446. The quantitative estimate of drug-likeness (QED) is 0.543. The molecule has 0 amide bonds. The van der Waals surface area contributed by atoms with E-state index in [2.05, 4.69) is 30.6 Å². The Morgan fingerprint density at radius 2 is 1.96 bits per heavy atom. The molecule has 4 aromatic rings. The normalized spacial score (nSPS) is 14.8. The van der Waals surface area contributed by atoms with Crippen LogP contribution in [0.5, 0.6) is 0 Å². The van der Waals surface area contributed by atoms with Crippen molar-refractivity contribution in [3.05, 3.63) is 35.7 Å². The number of aromatic nitrogens is 6. The van der Waals surface area contributed by atoms with Gasteiger partial charge in [0.25, 0.3) is 0 Å². The molecule has 4 heterocycles. The Bertz CT molecular complexity index is 1140. The Balaban J connectivity index is 1.46. The van der Waals surface area contributed by atoms with E-state index in [1.54, 1.807) is 28.4 Å². The first kappa shape index (κ1) is 17.1. The zero-order chi connectivity index (χ0) is 19.1. The van der Waals surface area contributed by atoms with Gasteiger partial charge in [-0.25, -0.2) is 4.98 Å². The monoisotopic (exact) mass is 392 g/mol. The van der Waals surface area contributed by atoms with Crippen LogP contribution < -0.4 is 11.1 Å². The number of hydrogen-bond acceptors (Lipinski definition) is 8. The number of nitrogens with two attached hydrogens (primary N) is 1. The lowest BCUT2D eigenvalue weighted by molar-refractivity contribution is 0.705. The number of hydrogen-bond donors (Lipinski definition) is 2. The standard InChI is InChI=1S/C19H20N8S/c1-27-10-13(9-22-27)23-12-6-16-15(21-8-12)7-14(17(20)24-16)19-26-25-18(28-19)11-4-2-3-5-11/h6-11,23H,2-5H2,1H3,(H2,20,24). The van der Waals surface area contributed by atoms with Crippen LogP contribution in [0.3, 0.4) is 0 Å². The van der Waals surface area contributed by atoms with Crippen molar-refractivity contribution in [2.24, 2.45) is 7.05 Å². The molecule has 1 saturated carbocycles. The van der Waals surface area contributed by atoms with Crippen LogP contribution in [0.4, 0.5) is 17.2 Å². The maximum absolute atomic E-state index is 6.25. The second-order valence-corrected chi connectivity index (χ2v) is 8.15. The van der Waals surface area contributed by atoms with Crippen molar-refractivity contribution >= 4 is 39.6 Å². The summed E-state index contributed by atoms with van der Waals surface area (Å²) < 4.78 is 1.74. The third kappa shape index (κ3) is 3.18. The minimum Gasteiger partial charge on any atom is -0.383 e. The number of aryl methyl sites for hydroxylation is 1. The van der Waals surface area contributed by atoms with Gasteiger partial charge in [0.2, 0.25) is 0 Å². The van der Waals surface area contributed by atoms with Crippen molar-refractivity contribution in [2.75, 3.05) is 11.1 Å². The van der Waals surface area contributed by atoms with Crippen molar-refractivity contribution < 1.29 is 0 Å². The SMILES string of the molecule is Cn1cc(Nc2cnc3cc(-c4nnc(C5CCCC5)s4)c(N)nc3c2)cn1. The van der Waals surface area contributed by atoms with Gasteiger partial charge in [-0.15, -0.1) is 10.2 Å². The second-order valence-electron chi connectivity index (χ2n) is 7.14. The van der Waals surface area contributed by atoms with Gasteiger partial charge >= 0.3 is 0 Å². The first-order valence-electron chi connectivity index (χ1n) is 9.31. The molecular formula is C19H20N8S. The molecule has 3 N–H and O–H groups in total. The molecule has 28 heavy (non-hydrogen) atoms. The van der Waals surface area contributed by atoms with E-state index in [0.29, 0.717) is 11.7 Å². The van der Waals surface area contributed by atoms with Crippen LogP contribution in [0.2, 0.25) is 0 Å². The summed E-state index contributed by atoms with van der Waals surface area (Å²) in [5.74, 6) is 0.988. The van der Waals surface area contributed by atoms with Crippen LogP contribution in [0.1, 0.15) is 36.6 Å². The molecule has 0 radical (unpaired) electrons. The van der Waals surface area contributed by atoms with Crippen LogP contribution in [-0.4, -0.2) is 29.9 Å². The van der Waals surface area contributed by atoms with E-state index >= 15 is 0 Å². The molecule has 0 saturated heterocycles. The number of nitrogens with one attached hydrogen (secondary N) is 1. The second kappa shape index (κ2) is 6.83. The van der Waals surface area contributed by atoms with Crippen molar-refractivity contribution in [1.82, 2.24) is 29.9 Å². The third-order valence-corrected chi connectivity index (χ3v) is 6.18.